The minimum atomic E-state index is -1.00. The van der Waals surface area contributed by atoms with Crippen molar-refractivity contribution in [2.45, 2.75) is 6.54 Å². The summed E-state index contributed by atoms with van der Waals surface area (Å²) in [6, 6.07) is 14.4. The van der Waals surface area contributed by atoms with Crippen molar-refractivity contribution in [1.82, 2.24) is 4.90 Å². The van der Waals surface area contributed by atoms with E-state index in [9.17, 15) is 9.90 Å². The van der Waals surface area contributed by atoms with E-state index in [1.165, 1.54) is 4.90 Å². The molecule has 1 amide bonds. The van der Waals surface area contributed by atoms with Crippen LogP contribution in [-0.2, 0) is 6.54 Å². The Kier molecular flexibility index (Phi) is 5.68. The van der Waals surface area contributed by atoms with E-state index in [1.54, 1.807) is 37.4 Å². The van der Waals surface area contributed by atoms with Crippen LogP contribution in [-0.4, -0.2) is 36.4 Å². The number of nitrogen functional groups attached to an aromatic ring is 1. The molecule has 0 heterocycles. The molecule has 0 saturated carbocycles. The first-order valence-electron chi connectivity index (χ1n) is 7.18. The number of carbonyl (C=O) groups is 1. The van der Waals surface area contributed by atoms with Crippen molar-refractivity contribution in [3.8, 4) is 11.5 Å². The second-order valence-corrected chi connectivity index (χ2v) is 4.95. The molecule has 2 aromatic carbocycles. The topological polar surface area (TPSA) is 85.0 Å². The van der Waals surface area contributed by atoms with E-state index in [4.69, 9.17) is 15.2 Å². The van der Waals surface area contributed by atoms with Crippen LogP contribution in [0.15, 0.2) is 48.5 Å². The maximum atomic E-state index is 11.4. The Morgan fingerprint density at radius 1 is 1.17 bits per heavy atom. The van der Waals surface area contributed by atoms with Gasteiger partial charge in [-0.2, -0.15) is 0 Å². The average molecular weight is 316 g/mol. The molecule has 3 N–H and O–H groups in total. The molecule has 0 saturated heterocycles. The first-order valence-corrected chi connectivity index (χ1v) is 7.18. The van der Waals surface area contributed by atoms with Crippen molar-refractivity contribution in [2.24, 2.45) is 0 Å². The second kappa shape index (κ2) is 7.93. The highest BCUT2D eigenvalue weighted by molar-refractivity contribution is 5.65. The standard InChI is InChI=1S/C17H20N2O4/c1-22-15-7-2-3-8-16(15)23-10-9-19(17(20)21)12-13-5-4-6-14(18)11-13/h2-8,11H,9-10,12,18H2,1H3,(H,20,21). The van der Waals surface area contributed by atoms with E-state index in [-0.39, 0.29) is 19.7 Å². The Hall–Kier alpha value is -2.89. The molecule has 2 aromatic rings. The van der Waals surface area contributed by atoms with Crippen LogP contribution < -0.4 is 15.2 Å². The quantitative estimate of drug-likeness (QED) is 0.767. The van der Waals surface area contributed by atoms with E-state index in [2.05, 4.69) is 0 Å². The zero-order valence-electron chi connectivity index (χ0n) is 12.9. The number of para-hydroxylation sites is 2. The van der Waals surface area contributed by atoms with Gasteiger partial charge in [0.25, 0.3) is 0 Å². The SMILES string of the molecule is COc1ccccc1OCCN(Cc1cccc(N)c1)C(=O)O. The lowest BCUT2D eigenvalue weighted by Gasteiger charge is -2.20. The van der Waals surface area contributed by atoms with Gasteiger partial charge in [0.2, 0.25) is 0 Å². The van der Waals surface area contributed by atoms with Crippen LogP contribution in [0.4, 0.5) is 10.5 Å². The van der Waals surface area contributed by atoms with Crippen LogP contribution in [0.2, 0.25) is 0 Å². The predicted molar refractivity (Wildman–Crippen MR) is 87.8 cm³/mol. The molecule has 6 nitrogen and oxygen atoms in total. The number of hydrogen-bond acceptors (Lipinski definition) is 4. The molecule has 6 heteroatoms. The fourth-order valence-electron chi connectivity index (χ4n) is 2.16. The first-order chi connectivity index (χ1) is 11.1. The Morgan fingerprint density at radius 2 is 1.91 bits per heavy atom. The number of amides is 1. The van der Waals surface area contributed by atoms with Crippen molar-refractivity contribution in [3.63, 3.8) is 0 Å². The molecule has 0 aliphatic rings. The van der Waals surface area contributed by atoms with Gasteiger partial charge in [0.15, 0.2) is 11.5 Å². The Balaban J connectivity index is 1.94. The number of nitrogens with zero attached hydrogens (tertiary/aromatic N) is 1. The summed E-state index contributed by atoms with van der Waals surface area (Å²) < 4.78 is 10.8. The van der Waals surface area contributed by atoms with Crippen molar-refractivity contribution in [1.29, 1.82) is 0 Å². The fraction of sp³-hybridized carbons (Fsp3) is 0.235. The zero-order valence-corrected chi connectivity index (χ0v) is 12.9. The van der Waals surface area contributed by atoms with Gasteiger partial charge in [-0.1, -0.05) is 24.3 Å². The molecule has 0 bridgehead atoms. The molecule has 0 fully saturated rings. The summed E-state index contributed by atoms with van der Waals surface area (Å²) in [6.45, 7) is 0.729. The monoisotopic (exact) mass is 316 g/mol. The van der Waals surface area contributed by atoms with Crippen LogP contribution in [0.3, 0.4) is 0 Å². The van der Waals surface area contributed by atoms with Gasteiger partial charge in [-0.3, -0.25) is 0 Å². The summed E-state index contributed by atoms with van der Waals surface area (Å²) >= 11 is 0. The van der Waals surface area contributed by atoms with E-state index in [1.807, 2.05) is 18.2 Å². The van der Waals surface area contributed by atoms with Crippen LogP contribution in [0, 0.1) is 0 Å². The molecular formula is C17H20N2O4. The predicted octanol–water partition coefficient (Wildman–Crippen LogP) is 2.84. The van der Waals surface area contributed by atoms with Crippen molar-refractivity contribution in [2.75, 3.05) is 26.0 Å². The minimum Gasteiger partial charge on any atom is -0.493 e. The van der Waals surface area contributed by atoms with E-state index in [0.29, 0.717) is 17.2 Å². The van der Waals surface area contributed by atoms with Crippen molar-refractivity contribution >= 4 is 11.8 Å². The molecule has 0 aromatic heterocycles. The molecule has 0 radical (unpaired) electrons. The molecule has 2 rings (SSSR count). The summed E-state index contributed by atoms with van der Waals surface area (Å²) in [7, 11) is 1.56. The molecular weight excluding hydrogens is 296 g/mol. The van der Waals surface area contributed by atoms with Crippen LogP contribution in [0.5, 0.6) is 11.5 Å². The fourth-order valence-corrected chi connectivity index (χ4v) is 2.16. The summed E-state index contributed by atoms with van der Waals surface area (Å²) in [5, 5.41) is 9.32. The number of anilines is 1. The lowest BCUT2D eigenvalue weighted by Crippen LogP contribution is -2.32. The summed E-state index contributed by atoms with van der Waals surface area (Å²) in [5.41, 5.74) is 7.16. The normalized spacial score (nSPS) is 10.1. The van der Waals surface area contributed by atoms with Gasteiger partial charge < -0.3 is 25.2 Å². The van der Waals surface area contributed by atoms with Crippen molar-refractivity contribution in [3.05, 3.63) is 54.1 Å². The van der Waals surface area contributed by atoms with Gasteiger partial charge in [-0.15, -0.1) is 0 Å². The first kappa shape index (κ1) is 16.5. The number of hydrogen-bond donors (Lipinski definition) is 2. The zero-order chi connectivity index (χ0) is 16.7. The maximum absolute atomic E-state index is 11.4. The molecule has 0 atom stereocenters. The molecule has 0 aliphatic heterocycles. The highest BCUT2D eigenvalue weighted by atomic mass is 16.5. The van der Waals surface area contributed by atoms with E-state index in [0.717, 1.165) is 5.56 Å². The number of rotatable bonds is 7. The number of ether oxygens (including phenoxy) is 2. The number of benzene rings is 2. The summed E-state index contributed by atoms with van der Waals surface area (Å²) in [5.74, 6) is 1.20. The molecule has 23 heavy (non-hydrogen) atoms. The molecule has 0 aliphatic carbocycles. The van der Waals surface area contributed by atoms with Crippen molar-refractivity contribution < 1.29 is 19.4 Å². The van der Waals surface area contributed by atoms with Crippen LogP contribution in [0.25, 0.3) is 0 Å². The third kappa shape index (κ3) is 4.81. The van der Waals surface area contributed by atoms with Gasteiger partial charge in [-0.25, -0.2) is 4.79 Å². The van der Waals surface area contributed by atoms with Gasteiger partial charge in [0.05, 0.1) is 13.7 Å². The molecule has 122 valence electrons. The Bertz CT molecular complexity index is 661. The minimum absolute atomic E-state index is 0.231. The molecule has 0 spiro atoms. The lowest BCUT2D eigenvalue weighted by molar-refractivity contribution is 0.131. The van der Waals surface area contributed by atoms with Gasteiger partial charge >= 0.3 is 6.09 Å². The van der Waals surface area contributed by atoms with Crippen LogP contribution >= 0.6 is 0 Å². The summed E-state index contributed by atoms with van der Waals surface area (Å²) in [6.07, 6.45) is -1.00. The smallest absolute Gasteiger partial charge is 0.407 e. The van der Waals surface area contributed by atoms with Gasteiger partial charge in [0.1, 0.15) is 6.61 Å². The van der Waals surface area contributed by atoms with E-state index >= 15 is 0 Å². The van der Waals surface area contributed by atoms with Crippen LogP contribution in [0.1, 0.15) is 5.56 Å². The van der Waals surface area contributed by atoms with E-state index < -0.39 is 6.09 Å². The molecule has 0 unspecified atom stereocenters. The second-order valence-electron chi connectivity index (χ2n) is 4.95. The largest absolute Gasteiger partial charge is 0.493 e. The average Bonchev–Trinajstić information content (AvgIpc) is 2.54. The third-order valence-corrected chi connectivity index (χ3v) is 3.28. The number of carboxylic acid groups (broad SMARTS) is 1. The van der Waals surface area contributed by atoms with Gasteiger partial charge in [0, 0.05) is 12.2 Å². The highest BCUT2D eigenvalue weighted by Crippen LogP contribution is 2.25. The maximum Gasteiger partial charge on any atom is 0.407 e. The Labute approximate surface area is 135 Å². The Morgan fingerprint density at radius 3 is 2.57 bits per heavy atom. The lowest BCUT2D eigenvalue weighted by atomic mass is 10.2. The third-order valence-electron chi connectivity index (χ3n) is 3.28. The number of nitrogens with two attached hydrogens (primary N) is 1. The summed E-state index contributed by atoms with van der Waals surface area (Å²) in [4.78, 5) is 12.7. The highest BCUT2D eigenvalue weighted by Gasteiger charge is 2.13. The number of methoxy groups -OCH3 is 1. The van der Waals surface area contributed by atoms with Gasteiger partial charge in [-0.05, 0) is 29.8 Å².